The molecule has 2 heteroatoms. The van der Waals surface area contributed by atoms with Crippen molar-refractivity contribution in [3.8, 4) is 17.6 Å². The number of hydrogen-bond donors (Lipinski definition) is 1. The van der Waals surface area contributed by atoms with Gasteiger partial charge in [-0.1, -0.05) is 38.5 Å². The zero-order valence-corrected chi connectivity index (χ0v) is 13.0. The molecule has 0 aliphatic heterocycles. The highest BCUT2D eigenvalue weighted by molar-refractivity contribution is 5.48. The summed E-state index contributed by atoms with van der Waals surface area (Å²) in [6.07, 6.45) is 7.54. The van der Waals surface area contributed by atoms with E-state index in [1.54, 1.807) is 7.11 Å². The lowest BCUT2D eigenvalue weighted by Gasteiger charge is -2.09. The van der Waals surface area contributed by atoms with Crippen LogP contribution in [-0.4, -0.2) is 13.2 Å². The highest BCUT2D eigenvalue weighted by Crippen LogP contribution is 2.15. The van der Waals surface area contributed by atoms with E-state index >= 15 is 0 Å². The summed E-state index contributed by atoms with van der Waals surface area (Å²) < 4.78 is 5.14. The molecule has 1 rings (SSSR count). The van der Waals surface area contributed by atoms with Crippen molar-refractivity contribution in [1.29, 1.82) is 0 Å². The molecule has 1 aromatic carbocycles. The Morgan fingerprint density at radius 3 is 2.45 bits per heavy atom. The fourth-order valence-electron chi connectivity index (χ4n) is 2.02. The second-order valence-electron chi connectivity index (χ2n) is 5.08. The fraction of sp³-hybridized carbons (Fsp3) is 0.556. The molecule has 1 N–H and O–H groups in total. The van der Waals surface area contributed by atoms with Gasteiger partial charge in [-0.3, -0.25) is 0 Å². The second-order valence-corrected chi connectivity index (χ2v) is 5.08. The van der Waals surface area contributed by atoms with Crippen LogP contribution in [0.2, 0.25) is 0 Å². The standard InChI is InChI=1S/C18H27NO/c1-4-5-6-7-8-9-10-11-16(2)19-17-12-14-18(20-3)15-13-17/h12-16,19H,4-9H2,1-3H3. The molecule has 0 amide bonds. The first-order chi connectivity index (χ1) is 9.76. The minimum Gasteiger partial charge on any atom is -0.497 e. The number of ether oxygens (including phenoxy) is 1. The molecule has 0 aliphatic rings. The number of nitrogens with one attached hydrogen (secondary N) is 1. The number of benzene rings is 1. The molecular weight excluding hydrogens is 246 g/mol. The van der Waals surface area contributed by atoms with Gasteiger partial charge in [0.15, 0.2) is 0 Å². The van der Waals surface area contributed by atoms with Gasteiger partial charge in [0.1, 0.15) is 5.75 Å². The molecule has 0 fully saturated rings. The number of anilines is 1. The van der Waals surface area contributed by atoms with Gasteiger partial charge >= 0.3 is 0 Å². The van der Waals surface area contributed by atoms with E-state index in [2.05, 4.69) is 31.0 Å². The third kappa shape index (κ3) is 7.09. The van der Waals surface area contributed by atoms with Crippen LogP contribution in [-0.2, 0) is 0 Å². The number of unbranched alkanes of at least 4 members (excludes halogenated alkanes) is 5. The highest BCUT2D eigenvalue weighted by atomic mass is 16.5. The number of methoxy groups -OCH3 is 1. The molecule has 0 saturated heterocycles. The lowest BCUT2D eigenvalue weighted by molar-refractivity contribution is 0.415. The largest absolute Gasteiger partial charge is 0.497 e. The molecule has 1 aromatic rings. The van der Waals surface area contributed by atoms with Crippen LogP contribution in [0.5, 0.6) is 5.75 Å². The minimum atomic E-state index is 0.180. The van der Waals surface area contributed by atoms with Gasteiger partial charge in [-0.25, -0.2) is 0 Å². The molecule has 0 aliphatic carbocycles. The van der Waals surface area contributed by atoms with E-state index in [1.165, 1.54) is 32.1 Å². The first-order valence-corrected chi connectivity index (χ1v) is 7.65. The van der Waals surface area contributed by atoms with E-state index in [9.17, 15) is 0 Å². The minimum absolute atomic E-state index is 0.180. The lowest BCUT2D eigenvalue weighted by Crippen LogP contribution is -2.12. The van der Waals surface area contributed by atoms with E-state index in [0.29, 0.717) is 0 Å². The predicted molar refractivity (Wildman–Crippen MR) is 87.2 cm³/mol. The number of hydrogen-bond acceptors (Lipinski definition) is 2. The zero-order valence-electron chi connectivity index (χ0n) is 13.0. The van der Waals surface area contributed by atoms with E-state index in [1.807, 2.05) is 24.3 Å². The van der Waals surface area contributed by atoms with Gasteiger partial charge in [0, 0.05) is 12.1 Å². The first kappa shape index (κ1) is 16.4. The Labute approximate surface area is 123 Å². The van der Waals surface area contributed by atoms with Crippen LogP contribution >= 0.6 is 0 Å². The van der Waals surface area contributed by atoms with Gasteiger partial charge in [0.25, 0.3) is 0 Å². The molecule has 1 atom stereocenters. The molecule has 0 spiro atoms. The van der Waals surface area contributed by atoms with E-state index < -0.39 is 0 Å². The highest BCUT2D eigenvalue weighted by Gasteiger charge is 1.97. The fourth-order valence-corrected chi connectivity index (χ4v) is 2.02. The van der Waals surface area contributed by atoms with Crippen LogP contribution in [0.1, 0.15) is 52.4 Å². The zero-order chi connectivity index (χ0) is 14.6. The van der Waals surface area contributed by atoms with Crippen LogP contribution in [0.4, 0.5) is 5.69 Å². The molecule has 2 nitrogen and oxygen atoms in total. The molecule has 1 unspecified atom stereocenters. The van der Waals surface area contributed by atoms with Crippen LogP contribution in [0.15, 0.2) is 24.3 Å². The molecule has 110 valence electrons. The summed E-state index contributed by atoms with van der Waals surface area (Å²) in [7, 11) is 1.68. The molecular formula is C18H27NO. The van der Waals surface area contributed by atoms with Crippen molar-refractivity contribution in [1.82, 2.24) is 0 Å². The van der Waals surface area contributed by atoms with Crippen molar-refractivity contribution in [3.63, 3.8) is 0 Å². The topological polar surface area (TPSA) is 21.3 Å². The molecule has 0 radical (unpaired) electrons. The van der Waals surface area contributed by atoms with Crippen molar-refractivity contribution < 1.29 is 4.74 Å². The summed E-state index contributed by atoms with van der Waals surface area (Å²) in [5.41, 5.74) is 1.08. The Morgan fingerprint density at radius 1 is 1.10 bits per heavy atom. The Balaban J connectivity index is 2.23. The van der Waals surface area contributed by atoms with Gasteiger partial charge in [-0.05, 0) is 37.6 Å². The van der Waals surface area contributed by atoms with Gasteiger partial charge in [-0.15, -0.1) is 5.92 Å². The van der Waals surface area contributed by atoms with Crippen molar-refractivity contribution in [2.45, 2.75) is 58.4 Å². The van der Waals surface area contributed by atoms with Crippen molar-refractivity contribution in [2.75, 3.05) is 12.4 Å². The van der Waals surface area contributed by atoms with Crippen molar-refractivity contribution >= 4 is 5.69 Å². The predicted octanol–water partition coefficient (Wildman–Crippen LogP) is 4.86. The molecule has 20 heavy (non-hydrogen) atoms. The Kier molecular flexibility index (Phi) is 8.38. The molecule has 0 bridgehead atoms. The molecule has 0 aromatic heterocycles. The third-order valence-electron chi connectivity index (χ3n) is 3.20. The van der Waals surface area contributed by atoms with Crippen LogP contribution in [0.3, 0.4) is 0 Å². The maximum atomic E-state index is 5.14. The average molecular weight is 273 g/mol. The summed E-state index contributed by atoms with van der Waals surface area (Å²) in [4.78, 5) is 0. The molecule has 0 saturated carbocycles. The Morgan fingerprint density at radius 2 is 1.80 bits per heavy atom. The van der Waals surface area contributed by atoms with Gasteiger partial charge in [0.05, 0.1) is 13.2 Å². The van der Waals surface area contributed by atoms with Gasteiger partial charge in [-0.2, -0.15) is 0 Å². The van der Waals surface area contributed by atoms with Crippen LogP contribution < -0.4 is 10.1 Å². The van der Waals surface area contributed by atoms with E-state index in [4.69, 9.17) is 4.74 Å². The quantitative estimate of drug-likeness (QED) is 0.539. The first-order valence-electron chi connectivity index (χ1n) is 7.65. The summed E-state index contributed by atoms with van der Waals surface area (Å²) in [5.74, 6) is 7.40. The van der Waals surface area contributed by atoms with Crippen molar-refractivity contribution in [3.05, 3.63) is 24.3 Å². The monoisotopic (exact) mass is 273 g/mol. The van der Waals surface area contributed by atoms with Gasteiger partial charge in [0.2, 0.25) is 0 Å². The lowest BCUT2D eigenvalue weighted by atomic mass is 10.1. The summed E-state index contributed by atoms with van der Waals surface area (Å²) in [6.45, 7) is 4.33. The van der Waals surface area contributed by atoms with Crippen molar-refractivity contribution in [2.24, 2.45) is 0 Å². The van der Waals surface area contributed by atoms with Crippen LogP contribution in [0, 0.1) is 11.8 Å². The summed E-state index contributed by atoms with van der Waals surface area (Å²) in [5, 5.41) is 3.38. The normalized spacial score (nSPS) is 11.3. The average Bonchev–Trinajstić information content (AvgIpc) is 2.47. The maximum Gasteiger partial charge on any atom is 0.119 e. The van der Waals surface area contributed by atoms with E-state index in [0.717, 1.165) is 17.9 Å². The Bertz CT molecular complexity index is 413. The third-order valence-corrected chi connectivity index (χ3v) is 3.20. The SMILES string of the molecule is CCCCCCCC#CC(C)Nc1ccc(OC)cc1. The van der Waals surface area contributed by atoms with E-state index in [-0.39, 0.29) is 6.04 Å². The maximum absolute atomic E-state index is 5.14. The second kappa shape index (κ2) is 10.2. The van der Waals surface area contributed by atoms with Crippen LogP contribution in [0.25, 0.3) is 0 Å². The summed E-state index contributed by atoms with van der Waals surface area (Å²) >= 11 is 0. The molecule has 0 heterocycles. The Hall–Kier alpha value is -1.62. The van der Waals surface area contributed by atoms with Gasteiger partial charge < -0.3 is 10.1 Å². The summed E-state index contributed by atoms with van der Waals surface area (Å²) in [6, 6.07) is 8.12. The smallest absolute Gasteiger partial charge is 0.119 e. The number of rotatable bonds is 8.